The number of hydrogen-bond donors (Lipinski definition) is 1. The minimum atomic E-state index is -4.27. The fourth-order valence-corrected chi connectivity index (χ4v) is 1.54. The normalized spacial score (nSPS) is 17.8. The lowest BCUT2D eigenvalue weighted by molar-refractivity contribution is -0.141. The van der Waals surface area contributed by atoms with E-state index in [9.17, 15) is 18.0 Å². The third-order valence-corrected chi connectivity index (χ3v) is 2.30. The summed E-state index contributed by atoms with van der Waals surface area (Å²) in [6.45, 7) is -0.609. The fraction of sp³-hybridized carbons (Fsp3) is 0.889. The van der Waals surface area contributed by atoms with Crippen molar-refractivity contribution in [3.05, 3.63) is 0 Å². The molecule has 1 N–H and O–H groups in total. The zero-order chi connectivity index (χ0) is 11.3. The first-order valence-electron chi connectivity index (χ1n) is 4.97. The number of alkyl carbamates (subject to hydrolysis) is 1. The second-order valence-electron chi connectivity index (χ2n) is 3.63. The Labute approximate surface area is 86.0 Å². The van der Waals surface area contributed by atoms with Crippen LogP contribution < -0.4 is 5.32 Å². The van der Waals surface area contributed by atoms with Gasteiger partial charge in [-0.25, -0.2) is 4.79 Å². The summed E-state index contributed by atoms with van der Waals surface area (Å²) in [6, 6.07) is 0.0726. The minimum Gasteiger partial charge on any atom is -0.449 e. The molecular weight excluding hydrogens is 211 g/mol. The van der Waals surface area contributed by atoms with Crippen LogP contribution in [0, 0.1) is 0 Å². The molecular formula is C9H14F3NO2. The first kappa shape index (κ1) is 12.1. The largest absolute Gasteiger partial charge is 0.449 e. The molecule has 0 aliphatic heterocycles. The van der Waals surface area contributed by atoms with Crippen molar-refractivity contribution in [1.82, 2.24) is 5.32 Å². The van der Waals surface area contributed by atoms with Gasteiger partial charge >= 0.3 is 12.3 Å². The van der Waals surface area contributed by atoms with Gasteiger partial charge in [0.05, 0.1) is 6.42 Å². The van der Waals surface area contributed by atoms with Gasteiger partial charge in [0.25, 0.3) is 0 Å². The molecule has 0 aromatic rings. The molecule has 0 unspecified atom stereocenters. The molecule has 3 nitrogen and oxygen atoms in total. The zero-order valence-electron chi connectivity index (χ0n) is 8.27. The summed E-state index contributed by atoms with van der Waals surface area (Å²) in [5.41, 5.74) is 0. The van der Waals surface area contributed by atoms with Crippen LogP contribution in [0.5, 0.6) is 0 Å². The maximum Gasteiger partial charge on any atom is 0.407 e. The highest BCUT2D eigenvalue weighted by Gasteiger charge is 2.27. The van der Waals surface area contributed by atoms with Gasteiger partial charge in [-0.2, -0.15) is 13.2 Å². The zero-order valence-corrected chi connectivity index (χ0v) is 8.27. The van der Waals surface area contributed by atoms with Gasteiger partial charge in [-0.05, 0) is 12.8 Å². The molecule has 0 saturated heterocycles. The van der Waals surface area contributed by atoms with E-state index in [-0.39, 0.29) is 6.04 Å². The number of alkyl halides is 3. The molecule has 1 aliphatic carbocycles. The number of carbonyl (C=O) groups is 1. The highest BCUT2D eigenvalue weighted by Crippen LogP contribution is 2.19. The summed E-state index contributed by atoms with van der Waals surface area (Å²) in [6.07, 6.45) is -2.24. The van der Waals surface area contributed by atoms with Crippen LogP contribution in [0.3, 0.4) is 0 Å². The molecule has 1 aliphatic rings. The molecule has 0 aromatic carbocycles. The number of hydrogen-bond acceptors (Lipinski definition) is 2. The molecule has 0 aromatic heterocycles. The van der Waals surface area contributed by atoms with Gasteiger partial charge in [0.1, 0.15) is 6.61 Å². The van der Waals surface area contributed by atoms with Gasteiger partial charge in [0.2, 0.25) is 0 Å². The maximum atomic E-state index is 11.7. The molecule has 0 atom stereocenters. The Kier molecular flexibility index (Phi) is 4.23. The molecule has 1 saturated carbocycles. The Morgan fingerprint density at radius 3 is 2.47 bits per heavy atom. The lowest BCUT2D eigenvalue weighted by Crippen LogP contribution is -2.33. The summed E-state index contributed by atoms with van der Waals surface area (Å²) >= 11 is 0. The fourth-order valence-electron chi connectivity index (χ4n) is 1.54. The van der Waals surface area contributed by atoms with Crippen molar-refractivity contribution in [3.63, 3.8) is 0 Å². The third-order valence-electron chi connectivity index (χ3n) is 2.30. The molecule has 0 heterocycles. The predicted octanol–water partition coefficient (Wildman–Crippen LogP) is 2.61. The SMILES string of the molecule is O=C(NC1CCCC1)OCCC(F)(F)F. The van der Waals surface area contributed by atoms with Crippen LogP contribution in [0.1, 0.15) is 32.1 Å². The Morgan fingerprint density at radius 2 is 1.93 bits per heavy atom. The number of ether oxygens (including phenoxy) is 1. The lowest BCUT2D eigenvalue weighted by Gasteiger charge is -2.12. The van der Waals surface area contributed by atoms with Gasteiger partial charge < -0.3 is 10.1 Å². The van der Waals surface area contributed by atoms with Crippen LogP contribution in [0.25, 0.3) is 0 Å². The van der Waals surface area contributed by atoms with E-state index in [1.165, 1.54) is 0 Å². The van der Waals surface area contributed by atoms with E-state index < -0.39 is 25.3 Å². The maximum absolute atomic E-state index is 11.7. The summed E-state index contributed by atoms with van der Waals surface area (Å²) in [5, 5.41) is 2.54. The second kappa shape index (κ2) is 5.23. The molecule has 88 valence electrons. The summed E-state index contributed by atoms with van der Waals surface area (Å²) in [5.74, 6) is 0. The van der Waals surface area contributed by atoms with Crippen molar-refractivity contribution >= 4 is 6.09 Å². The summed E-state index contributed by atoms with van der Waals surface area (Å²) in [7, 11) is 0. The Morgan fingerprint density at radius 1 is 1.33 bits per heavy atom. The van der Waals surface area contributed by atoms with E-state index in [1.807, 2.05) is 0 Å². The van der Waals surface area contributed by atoms with Gasteiger partial charge in [-0.1, -0.05) is 12.8 Å². The third kappa shape index (κ3) is 5.49. The van der Waals surface area contributed by atoms with Crippen LogP contribution in [0.4, 0.5) is 18.0 Å². The lowest BCUT2D eigenvalue weighted by atomic mass is 10.3. The van der Waals surface area contributed by atoms with Crippen LogP contribution in [-0.2, 0) is 4.74 Å². The number of halogens is 3. The molecule has 1 amide bonds. The Hall–Kier alpha value is -0.940. The monoisotopic (exact) mass is 225 g/mol. The van der Waals surface area contributed by atoms with Gasteiger partial charge in [0.15, 0.2) is 0 Å². The molecule has 1 rings (SSSR count). The quantitative estimate of drug-likeness (QED) is 0.801. The van der Waals surface area contributed by atoms with Crippen molar-refractivity contribution in [2.75, 3.05) is 6.61 Å². The van der Waals surface area contributed by atoms with E-state index in [0.29, 0.717) is 0 Å². The Bertz CT molecular complexity index is 212. The van der Waals surface area contributed by atoms with Crippen LogP contribution in [-0.4, -0.2) is 24.9 Å². The van der Waals surface area contributed by atoms with Crippen LogP contribution in [0.2, 0.25) is 0 Å². The smallest absolute Gasteiger partial charge is 0.407 e. The van der Waals surface area contributed by atoms with E-state index >= 15 is 0 Å². The predicted molar refractivity (Wildman–Crippen MR) is 47.4 cm³/mol. The van der Waals surface area contributed by atoms with Crippen molar-refractivity contribution < 1.29 is 22.7 Å². The first-order valence-corrected chi connectivity index (χ1v) is 4.97. The molecule has 1 fully saturated rings. The van der Waals surface area contributed by atoms with E-state index in [1.54, 1.807) is 0 Å². The second-order valence-corrected chi connectivity index (χ2v) is 3.63. The van der Waals surface area contributed by atoms with E-state index in [4.69, 9.17) is 0 Å². The Balaban J connectivity index is 2.08. The van der Waals surface area contributed by atoms with Crippen LogP contribution in [0.15, 0.2) is 0 Å². The van der Waals surface area contributed by atoms with Crippen molar-refractivity contribution in [1.29, 1.82) is 0 Å². The molecule has 15 heavy (non-hydrogen) atoms. The molecule has 0 radical (unpaired) electrons. The number of rotatable bonds is 3. The average Bonchev–Trinajstić information content (AvgIpc) is 2.54. The number of amides is 1. The standard InChI is InChI=1S/C9H14F3NO2/c10-9(11,12)5-6-15-8(14)13-7-3-1-2-4-7/h7H,1-6H2,(H,13,14). The summed E-state index contributed by atoms with van der Waals surface area (Å²) < 4.78 is 39.5. The molecule has 0 bridgehead atoms. The topological polar surface area (TPSA) is 38.3 Å². The number of nitrogens with one attached hydrogen (secondary N) is 1. The minimum absolute atomic E-state index is 0.0726. The van der Waals surface area contributed by atoms with Gasteiger partial charge in [-0.15, -0.1) is 0 Å². The van der Waals surface area contributed by atoms with Gasteiger partial charge in [0, 0.05) is 6.04 Å². The van der Waals surface area contributed by atoms with Crippen molar-refractivity contribution in [2.24, 2.45) is 0 Å². The molecule has 6 heteroatoms. The van der Waals surface area contributed by atoms with Crippen molar-refractivity contribution in [2.45, 2.75) is 44.3 Å². The van der Waals surface area contributed by atoms with Gasteiger partial charge in [-0.3, -0.25) is 0 Å². The molecule has 0 spiro atoms. The van der Waals surface area contributed by atoms with Crippen LogP contribution >= 0.6 is 0 Å². The highest BCUT2D eigenvalue weighted by atomic mass is 19.4. The number of carbonyl (C=O) groups excluding carboxylic acids is 1. The first-order chi connectivity index (χ1) is 6.97. The summed E-state index contributed by atoms with van der Waals surface area (Å²) in [4.78, 5) is 11.0. The average molecular weight is 225 g/mol. The van der Waals surface area contributed by atoms with E-state index in [0.717, 1.165) is 25.7 Å². The van der Waals surface area contributed by atoms with Crippen molar-refractivity contribution in [3.8, 4) is 0 Å². The van der Waals surface area contributed by atoms with E-state index in [2.05, 4.69) is 10.1 Å². The highest BCUT2D eigenvalue weighted by molar-refractivity contribution is 5.67.